The summed E-state index contributed by atoms with van der Waals surface area (Å²) in [5.41, 5.74) is 5.71. The topological polar surface area (TPSA) is 35.2 Å². The lowest BCUT2D eigenvalue weighted by Crippen LogP contribution is -2.33. The summed E-state index contributed by atoms with van der Waals surface area (Å²) >= 11 is 0. The zero-order valence-electron chi connectivity index (χ0n) is 6.68. The van der Waals surface area contributed by atoms with Crippen molar-refractivity contribution in [3.63, 3.8) is 0 Å². The van der Waals surface area contributed by atoms with Gasteiger partial charge in [-0.25, -0.2) is 0 Å². The molecule has 0 aromatic rings. The molecule has 0 bridgehead atoms. The van der Waals surface area contributed by atoms with Crippen molar-refractivity contribution in [3.05, 3.63) is 0 Å². The first-order valence-corrected chi connectivity index (χ1v) is 4.18. The molecule has 0 saturated carbocycles. The molecule has 2 N–H and O–H groups in total. The van der Waals surface area contributed by atoms with E-state index in [1.54, 1.807) is 0 Å². The molecule has 1 fully saturated rings. The van der Waals surface area contributed by atoms with E-state index in [0.717, 1.165) is 13.0 Å². The zero-order chi connectivity index (χ0) is 7.40. The van der Waals surface area contributed by atoms with Gasteiger partial charge < -0.3 is 10.5 Å². The minimum absolute atomic E-state index is 0.207. The van der Waals surface area contributed by atoms with Crippen LogP contribution < -0.4 is 5.73 Å². The third kappa shape index (κ3) is 2.27. The molecule has 0 aromatic heterocycles. The van der Waals surface area contributed by atoms with Crippen LogP contribution in [0.4, 0.5) is 0 Å². The fourth-order valence-corrected chi connectivity index (χ4v) is 1.36. The highest BCUT2D eigenvalue weighted by Crippen LogP contribution is 2.14. The maximum Gasteiger partial charge on any atom is 0.0723 e. The average molecular weight is 143 g/mol. The summed E-state index contributed by atoms with van der Waals surface area (Å²) in [6.45, 7) is 2.93. The SMILES string of the molecule is CC(N)C1CCCCCO1. The summed E-state index contributed by atoms with van der Waals surface area (Å²) in [5, 5.41) is 0. The van der Waals surface area contributed by atoms with Gasteiger partial charge in [0.1, 0.15) is 0 Å². The van der Waals surface area contributed by atoms with Gasteiger partial charge in [0.15, 0.2) is 0 Å². The van der Waals surface area contributed by atoms with Crippen LogP contribution in [0, 0.1) is 0 Å². The minimum atomic E-state index is 0.207. The second kappa shape index (κ2) is 3.94. The van der Waals surface area contributed by atoms with E-state index >= 15 is 0 Å². The van der Waals surface area contributed by atoms with Crippen molar-refractivity contribution in [1.29, 1.82) is 0 Å². The molecule has 1 saturated heterocycles. The van der Waals surface area contributed by atoms with E-state index in [4.69, 9.17) is 10.5 Å². The Kier molecular flexibility index (Phi) is 3.16. The van der Waals surface area contributed by atoms with Crippen LogP contribution in [0.25, 0.3) is 0 Å². The first kappa shape index (κ1) is 8.02. The maximum atomic E-state index is 5.71. The van der Waals surface area contributed by atoms with Crippen LogP contribution in [-0.4, -0.2) is 18.8 Å². The third-order valence-electron chi connectivity index (χ3n) is 2.05. The molecule has 2 atom stereocenters. The Morgan fingerprint density at radius 2 is 2.20 bits per heavy atom. The van der Waals surface area contributed by atoms with Gasteiger partial charge in [-0.05, 0) is 19.8 Å². The molecular formula is C8H17NO. The van der Waals surface area contributed by atoms with Gasteiger partial charge in [0.25, 0.3) is 0 Å². The van der Waals surface area contributed by atoms with E-state index in [1.165, 1.54) is 19.3 Å². The Hall–Kier alpha value is -0.0800. The van der Waals surface area contributed by atoms with Gasteiger partial charge in [0, 0.05) is 12.6 Å². The standard InChI is InChI=1S/C8H17NO/c1-7(9)8-5-3-2-4-6-10-8/h7-8H,2-6,9H2,1H3. The molecule has 0 aliphatic carbocycles. The molecule has 0 amide bonds. The van der Waals surface area contributed by atoms with E-state index in [1.807, 2.05) is 6.92 Å². The van der Waals surface area contributed by atoms with Crippen LogP contribution in [0.1, 0.15) is 32.6 Å². The van der Waals surface area contributed by atoms with Crippen molar-refractivity contribution in [1.82, 2.24) is 0 Å². The molecule has 2 nitrogen and oxygen atoms in total. The van der Waals surface area contributed by atoms with E-state index in [9.17, 15) is 0 Å². The van der Waals surface area contributed by atoms with Gasteiger partial charge in [-0.2, -0.15) is 0 Å². The first-order valence-electron chi connectivity index (χ1n) is 4.18. The second-order valence-corrected chi connectivity index (χ2v) is 3.12. The maximum absolute atomic E-state index is 5.71. The Bertz CT molecular complexity index is 85.3. The Morgan fingerprint density at radius 1 is 1.40 bits per heavy atom. The van der Waals surface area contributed by atoms with Crippen molar-refractivity contribution in [2.75, 3.05) is 6.61 Å². The summed E-state index contributed by atoms with van der Waals surface area (Å²) in [4.78, 5) is 0. The van der Waals surface area contributed by atoms with Crippen molar-refractivity contribution in [2.45, 2.75) is 44.8 Å². The van der Waals surface area contributed by atoms with E-state index < -0.39 is 0 Å². The quantitative estimate of drug-likeness (QED) is 0.600. The van der Waals surface area contributed by atoms with E-state index in [0.29, 0.717) is 6.10 Å². The molecule has 10 heavy (non-hydrogen) atoms. The van der Waals surface area contributed by atoms with Crippen molar-refractivity contribution in [3.8, 4) is 0 Å². The predicted molar refractivity (Wildman–Crippen MR) is 41.9 cm³/mol. The van der Waals surface area contributed by atoms with E-state index in [2.05, 4.69) is 0 Å². The number of hydrogen-bond donors (Lipinski definition) is 1. The van der Waals surface area contributed by atoms with Gasteiger partial charge in [-0.1, -0.05) is 12.8 Å². The largest absolute Gasteiger partial charge is 0.377 e. The molecule has 1 aliphatic heterocycles. The molecule has 2 heteroatoms. The normalized spacial score (nSPS) is 31.2. The molecule has 2 unspecified atom stereocenters. The van der Waals surface area contributed by atoms with Crippen LogP contribution in [-0.2, 0) is 4.74 Å². The van der Waals surface area contributed by atoms with Gasteiger partial charge in [0.05, 0.1) is 6.10 Å². The first-order chi connectivity index (χ1) is 4.80. The lowest BCUT2D eigenvalue weighted by atomic mass is 10.1. The van der Waals surface area contributed by atoms with Crippen LogP contribution in [0.3, 0.4) is 0 Å². The Balaban J connectivity index is 2.28. The van der Waals surface area contributed by atoms with Crippen molar-refractivity contribution in [2.24, 2.45) is 5.73 Å². The third-order valence-corrected chi connectivity index (χ3v) is 2.05. The van der Waals surface area contributed by atoms with Crippen LogP contribution >= 0.6 is 0 Å². The molecule has 0 aromatic carbocycles. The summed E-state index contributed by atoms with van der Waals surface area (Å²) in [6.07, 6.45) is 5.28. The highest BCUT2D eigenvalue weighted by atomic mass is 16.5. The van der Waals surface area contributed by atoms with Gasteiger partial charge in [-0.3, -0.25) is 0 Å². The second-order valence-electron chi connectivity index (χ2n) is 3.12. The molecule has 0 spiro atoms. The Morgan fingerprint density at radius 3 is 2.90 bits per heavy atom. The zero-order valence-corrected chi connectivity index (χ0v) is 6.68. The number of nitrogens with two attached hydrogens (primary N) is 1. The van der Waals surface area contributed by atoms with Crippen LogP contribution in [0.15, 0.2) is 0 Å². The molecule has 1 rings (SSSR count). The van der Waals surface area contributed by atoms with Crippen LogP contribution in [0.2, 0.25) is 0 Å². The van der Waals surface area contributed by atoms with Gasteiger partial charge in [0.2, 0.25) is 0 Å². The van der Waals surface area contributed by atoms with Crippen molar-refractivity contribution >= 4 is 0 Å². The Labute approximate surface area is 62.7 Å². The summed E-state index contributed by atoms with van der Waals surface area (Å²) in [6, 6.07) is 0.207. The number of rotatable bonds is 1. The van der Waals surface area contributed by atoms with Crippen LogP contribution in [0.5, 0.6) is 0 Å². The lowest BCUT2D eigenvalue weighted by molar-refractivity contribution is 0.0446. The molecule has 1 heterocycles. The summed E-state index contributed by atoms with van der Waals surface area (Å²) in [7, 11) is 0. The molecule has 0 radical (unpaired) electrons. The lowest BCUT2D eigenvalue weighted by Gasteiger charge is -2.18. The van der Waals surface area contributed by atoms with E-state index in [-0.39, 0.29) is 6.04 Å². The summed E-state index contributed by atoms with van der Waals surface area (Å²) < 4.78 is 5.54. The smallest absolute Gasteiger partial charge is 0.0723 e. The highest BCUT2D eigenvalue weighted by molar-refractivity contribution is 4.70. The fraction of sp³-hybridized carbons (Fsp3) is 1.00. The molecule has 60 valence electrons. The van der Waals surface area contributed by atoms with Crippen molar-refractivity contribution < 1.29 is 4.74 Å². The average Bonchev–Trinajstić information content (AvgIpc) is 2.12. The fourth-order valence-electron chi connectivity index (χ4n) is 1.36. The minimum Gasteiger partial charge on any atom is -0.377 e. The van der Waals surface area contributed by atoms with Gasteiger partial charge in [-0.15, -0.1) is 0 Å². The van der Waals surface area contributed by atoms with Gasteiger partial charge >= 0.3 is 0 Å². The molecular weight excluding hydrogens is 126 g/mol. The number of ether oxygens (including phenoxy) is 1. The molecule has 1 aliphatic rings. The summed E-state index contributed by atoms with van der Waals surface area (Å²) in [5.74, 6) is 0. The monoisotopic (exact) mass is 143 g/mol. The predicted octanol–water partition coefficient (Wildman–Crippen LogP) is 1.29. The number of hydrogen-bond acceptors (Lipinski definition) is 2. The highest BCUT2D eigenvalue weighted by Gasteiger charge is 2.15.